The fourth-order valence-electron chi connectivity index (χ4n) is 2.56. The van der Waals surface area contributed by atoms with E-state index in [2.05, 4.69) is 25.8 Å². The number of rotatable bonds is 2. The molecule has 2 atom stereocenters. The third-order valence-corrected chi connectivity index (χ3v) is 3.57. The molecule has 0 spiro atoms. The highest BCUT2D eigenvalue weighted by Gasteiger charge is 2.32. The number of anilines is 1. The summed E-state index contributed by atoms with van der Waals surface area (Å²) in [6.45, 7) is 3.48. The van der Waals surface area contributed by atoms with Gasteiger partial charge in [-0.2, -0.15) is 5.10 Å². The molecule has 7 heteroatoms. The number of nitrogens with one attached hydrogen (secondary N) is 3. The maximum atomic E-state index is 12.4. The summed E-state index contributed by atoms with van der Waals surface area (Å²) in [5.41, 5.74) is 2.11. The highest BCUT2D eigenvalue weighted by molar-refractivity contribution is 6.13. The van der Waals surface area contributed by atoms with Crippen LogP contribution in [-0.2, 0) is 4.79 Å². The van der Waals surface area contributed by atoms with Crippen LogP contribution in [0, 0.1) is 5.92 Å². The first-order valence-corrected chi connectivity index (χ1v) is 6.64. The molecule has 0 radical (unpaired) electrons. The number of H-pyrrole nitrogens is 1. The predicted molar refractivity (Wildman–Crippen MR) is 79.3 cm³/mol. The molecule has 0 saturated carbocycles. The van der Waals surface area contributed by atoms with Crippen molar-refractivity contribution in [2.24, 2.45) is 10.9 Å². The van der Waals surface area contributed by atoms with E-state index >= 15 is 0 Å². The van der Waals surface area contributed by atoms with Gasteiger partial charge in [0.15, 0.2) is 0 Å². The van der Waals surface area contributed by atoms with Crippen molar-refractivity contribution in [2.75, 3.05) is 5.32 Å². The molecule has 3 amide bonds. The number of hydrogen-bond donors (Lipinski definition) is 3. The van der Waals surface area contributed by atoms with Crippen LogP contribution in [0.4, 0.5) is 10.5 Å². The van der Waals surface area contributed by atoms with Crippen LogP contribution in [0.2, 0.25) is 0 Å². The molecule has 108 valence electrons. The van der Waals surface area contributed by atoms with E-state index in [4.69, 9.17) is 0 Å². The number of aromatic nitrogens is 2. The van der Waals surface area contributed by atoms with Gasteiger partial charge < -0.3 is 10.6 Å². The van der Waals surface area contributed by atoms with Crippen LogP contribution in [-0.4, -0.2) is 33.9 Å². The van der Waals surface area contributed by atoms with Crippen molar-refractivity contribution >= 4 is 34.2 Å². The van der Waals surface area contributed by atoms with E-state index in [9.17, 15) is 9.59 Å². The summed E-state index contributed by atoms with van der Waals surface area (Å²) < 4.78 is 0. The Morgan fingerprint density at radius 2 is 2.19 bits per heavy atom. The number of carbonyl (C=O) groups is 2. The van der Waals surface area contributed by atoms with Gasteiger partial charge in [0.1, 0.15) is 0 Å². The Balaban J connectivity index is 1.82. The van der Waals surface area contributed by atoms with Crippen LogP contribution in [0.1, 0.15) is 13.8 Å². The molecule has 1 aliphatic heterocycles. The number of nitrogens with zero attached hydrogens (tertiary/aromatic N) is 2. The van der Waals surface area contributed by atoms with Crippen molar-refractivity contribution in [2.45, 2.75) is 19.9 Å². The average Bonchev–Trinajstić information content (AvgIpc) is 2.84. The molecule has 2 heterocycles. The Morgan fingerprint density at radius 1 is 1.38 bits per heavy atom. The van der Waals surface area contributed by atoms with Gasteiger partial charge in [-0.1, -0.05) is 0 Å². The minimum absolute atomic E-state index is 0.188. The largest absolute Gasteiger partial charge is 0.341 e. The highest BCUT2D eigenvalue weighted by Crippen LogP contribution is 2.19. The Labute approximate surface area is 120 Å². The maximum absolute atomic E-state index is 12.4. The van der Waals surface area contributed by atoms with Crippen LogP contribution in [0.15, 0.2) is 29.4 Å². The van der Waals surface area contributed by atoms with Crippen LogP contribution >= 0.6 is 0 Å². The van der Waals surface area contributed by atoms with Gasteiger partial charge in [-0.3, -0.25) is 9.89 Å². The summed E-state index contributed by atoms with van der Waals surface area (Å²) in [7, 11) is 0. The van der Waals surface area contributed by atoms with Gasteiger partial charge in [-0.25, -0.2) is 9.79 Å². The summed E-state index contributed by atoms with van der Waals surface area (Å²) in [5, 5.41) is 13.2. The van der Waals surface area contributed by atoms with Gasteiger partial charge >= 0.3 is 6.03 Å². The molecule has 2 unspecified atom stereocenters. The molecule has 0 saturated heterocycles. The molecule has 0 fully saturated rings. The van der Waals surface area contributed by atoms with Gasteiger partial charge in [-0.15, -0.1) is 0 Å². The topological polar surface area (TPSA) is 99.2 Å². The minimum atomic E-state index is -0.470. The molecule has 3 rings (SSSR count). The number of urea groups is 1. The molecular formula is C14H15N5O2. The Kier molecular flexibility index (Phi) is 3.17. The lowest BCUT2D eigenvalue weighted by Gasteiger charge is -2.27. The van der Waals surface area contributed by atoms with Crippen LogP contribution in [0.3, 0.4) is 0 Å². The number of benzene rings is 1. The zero-order valence-corrected chi connectivity index (χ0v) is 11.7. The van der Waals surface area contributed by atoms with Crippen molar-refractivity contribution < 1.29 is 9.59 Å². The molecule has 2 aromatic rings. The lowest BCUT2D eigenvalue weighted by molar-refractivity contribution is -0.118. The molecular weight excluding hydrogens is 270 g/mol. The molecule has 0 aliphatic carbocycles. The number of fused-ring (bicyclic) bond motifs is 1. The fourth-order valence-corrected chi connectivity index (χ4v) is 2.56. The van der Waals surface area contributed by atoms with E-state index in [1.165, 1.54) is 0 Å². The molecule has 1 aromatic carbocycles. The summed E-state index contributed by atoms with van der Waals surface area (Å²) in [5.74, 6) is -0.658. The second-order valence-electron chi connectivity index (χ2n) is 5.13. The minimum Gasteiger partial charge on any atom is -0.333 e. The SMILES string of the molecule is CC1=NC(=O)NC(C)C1C(=O)Nc1ccc2[nH]ncc2c1. The zero-order valence-electron chi connectivity index (χ0n) is 11.7. The maximum Gasteiger partial charge on any atom is 0.341 e. The summed E-state index contributed by atoms with van der Waals surface area (Å²) in [4.78, 5) is 27.5. The smallest absolute Gasteiger partial charge is 0.333 e. The molecule has 1 aliphatic rings. The van der Waals surface area contributed by atoms with Crippen molar-refractivity contribution in [1.29, 1.82) is 0 Å². The molecule has 21 heavy (non-hydrogen) atoms. The summed E-state index contributed by atoms with van der Waals surface area (Å²) in [6, 6.07) is 4.81. The van der Waals surface area contributed by atoms with Crippen molar-refractivity contribution in [3.63, 3.8) is 0 Å². The quantitative estimate of drug-likeness (QED) is 0.782. The first-order chi connectivity index (χ1) is 10.0. The van der Waals surface area contributed by atoms with Crippen LogP contribution in [0.5, 0.6) is 0 Å². The number of amides is 3. The van der Waals surface area contributed by atoms with Crippen molar-refractivity contribution in [3.8, 4) is 0 Å². The van der Waals surface area contributed by atoms with Gasteiger partial charge in [0.2, 0.25) is 5.91 Å². The molecule has 0 bridgehead atoms. The Hall–Kier alpha value is -2.70. The van der Waals surface area contributed by atoms with E-state index in [-0.39, 0.29) is 11.9 Å². The van der Waals surface area contributed by atoms with Crippen molar-refractivity contribution in [1.82, 2.24) is 15.5 Å². The Bertz CT molecular complexity index is 749. The highest BCUT2D eigenvalue weighted by atomic mass is 16.2. The number of aromatic amines is 1. The molecule has 1 aromatic heterocycles. The van der Waals surface area contributed by atoms with Crippen molar-refractivity contribution in [3.05, 3.63) is 24.4 Å². The van der Waals surface area contributed by atoms with Gasteiger partial charge in [0, 0.05) is 22.8 Å². The van der Waals surface area contributed by atoms with Gasteiger partial charge in [0.05, 0.1) is 17.6 Å². The number of carbonyl (C=O) groups excluding carboxylic acids is 2. The van der Waals surface area contributed by atoms with E-state index in [0.717, 1.165) is 10.9 Å². The Morgan fingerprint density at radius 3 is 2.95 bits per heavy atom. The first-order valence-electron chi connectivity index (χ1n) is 6.64. The fraction of sp³-hybridized carbons (Fsp3) is 0.286. The van der Waals surface area contributed by atoms with Crippen LogP contribution < -0.4 is 10.6 Å². The first kappa shape index (κ1) is 13.3. The number of aliphatic imine (C=N–C) groups is 1. The lowest BCUT2D eigenvalue weighted by atomic mass is 9.94. The summed E-state index contributed by atoms with van der Waals surface area (Å²) in [6.07, 6.45) is 1.70. The predicted octanol–water partition coefficient (Wildman–Crippen LogP) is 1.69. The summed E-state index contributed by atoms with van der Waals surface area (Å²) >= 11 is 0. The monoisotopic (exact) mass is 285 g/mol. The average molecular weight is 285 g/mol. The normalized spacial score (nSPS) is 21.8. The standard InChI is InChI=1S/C14H15N5O2/c1-7-12(8(2)17-14(21)16-7)13(20)18-10-3-4-11-9(5-10)6-15-19-11/h3-7,12H,1-2H3,(H,15,19)(H,16,21)(H,18,20). The number of hydrogen-bond acceptors (Lipinski definition) is 3. The van der Waals surface area contributed by atoms with Crippen LogP contribution in [0.25, 0.3) is 10.9 Å². The van der Waals surface area contributed by atoms with Gasteiger partial charge in [-0.05, 0) is 32.0 Å². The third kappa shape index (κ3) is 2.49. The second-order valence-corrected chi connectivity index (χ2v) is 5.13. The third-order valence-electron chi connectivity index (χ3n) is 3.57. The van der Waals surface area contributed by atoms with E-state index < -0.39 is 11.9 Å². The van der Waals surface area contributed by atoms with E-state index in [0.29, 0.717) is 11.4 Å². The lowest BCUT2D eigenvalue weighted by Crippen LogP contribution is -2.49. The van der Waals surface area contributed by atoms with Gasteiger partial charge in [0.25, 0.3) is 0 Å². The van der Waals surface area contributed by atoms with E-state index in [1.807, 2.05) is 12.1 Å². The second kappa shape index (κ2) is 5.01. The zero-order chi connectivity index (χ0) is 15.0. The van der Waals surface area contributed by atoms with E-state index in [1.54, 1.807) is 26.1 Å². The molecule has 3 N–H and O–H groups in total. The molecule has 7 nitrogen and oxygen atoms in total.